The van der Waals surface area contributed by atoms with E-state index in [0.717, 1.165) is 12.1 Å². The normalized spacial score (nSPS) is 12.7. The number of hydrogen-bond donors (Lipinski definition) is 1. The molecule has 0 bridgehead atoms. The summed E-state index contributed by atoms with van der Waals surface area (Å²) in [6.07, 6.45) is -4.58. The van der Waals surface area contributed by atoms with Crippen LogP contribution < -0.4 is 5.32 Å². The van der Waals surface area contributed by atoms with Gasteiger partial charge < -0.3 is 5.32 Å². The van der Waals surface area contributed by atoms with Crippen molar-refractivity contribution in [2.75, 3.05) is 0 Å². The third-order valence-corrected chi connectivity index (χ3v) is 2.25. The van der Waals surface area contributed by atoms with Crippen LogP contribution >= 0.6 is 11.6 Å². The molecule has 1 unspecified atom stereocenters. The molecular formula is C11H8ClF3N2O. The highest BCUT2D eigenvalue weighted by Crippen LogP contribution is 2.31. The standard InChI is InChI=1S/C11H8ClF3N2O/c1-6(5-16)17-10(18)7-2-8(11(13,14)15)4-9(12)3-7/h2-4,6H,1H3,(H,17,18). The van der Waals surface area contributed by atoms with E-state index in [4.69, 9.17) is 16.9 Å². The van der Waals surface area contributed by atoms with Crippen LogP contribution in [-0.4, -0.2) is 11.9 Å². The molecule has 0 radical (unpaired) electrons. The van der Waals surface area contributed by atoms with Crippen molar-refractivity contribution in [3.8, 4) is 6.07 Å². The SMILES string of the molecule is CC(C#N)NC(=O)c1cc(Cl)cc(C(F)(F)F)c1. The zero-order valence-corrected chi connectivity index (χ0v) is 9.93. The van der Waals surface area contributed by atoms with Crippen molar-refractivity contribution >= 4 is 17.5 Å². The summed E-state index contributed by atoms with van der Waals surface area (Å²) in [5, 5.41) is 10.5. The number of nitriles is 1. The van der Waals surface area contributed by atoms with Gasteiger partial charge in [0.1, 0.15) is 6.04 Å². The Bertz CT molecular complexity index is 508. The van der Waals surface area contributed by atoms with Crippen molar-refractivity contribution in [2.24, 2.45) is 0 Å². The van der Waals surface area contributed by atoms with Gasteiger partial charge in [-0.3, -0.25) is 4.79 Å². The van der Waals surface area contributed by atoms with Gasteiger partial charge in [-0.25, -0.2) is 0 Å². The van der Waals surface area contributed by atoms with Crippen LogP contribution in [0.4, 0.5) is 13.2 Å². The predicted octanol–water partition coefficient (Wildman–Crippen LogP) is 3.00. The smallest absolute Gasteiger partial charge is 0.337 e. The third kappa shape index (κ3) is 3.64. The minimum Gasteiger partial charge on any atom is -0.337 e. The van der Waals surface area contributed by atoms with Crippen LogP contribution in [0, 0.1) is 11.3 Å². The number of amides is 1. The summed E-state index contributed by atoms with van der Waals surface area (Å²) in [6, 6.07) is 3.46. The number of nitrogens with one attached hydrogen (secondary N) is 1. The lowest BCUT2D eigenvalue weighted by Gasteiger charge is -2.11. The van der Waals surface area contributed by atoms with Crippen molar-refractivity contribution < 1.29 is 18.0 Å². The Morgan fingerprint density at radius 1 is 1.44 bits per heavy atom. The van der Waals surface area contributed by atoms with E-state index in [1.54, 1.807) is 6.07 Å². The fourth-order valence-corrected chi connectivity index (χ4v) is 1.43. The molecule has 1 N–H and O–H groups in total. The van der Waals surface area contributed by atoms with Crippen LogP contribution in [0.3, 0.4) is 0 Å². The van der Waals surface area contributed by atoms with Gasteiger partial charge in [-0.15, -0.1) is 0 Å². The van der Waals surface area contributed by atoms with Crippen LogP contribution in [0.25, 0.3) is 0 Å². The van der Waals surface area contributed by atoms with E-state index in [-0.39, 0.29) is 10.6 Å². The molecule has 0 aromatic heterocycles. The number of alkyl halides is 3. The molecule has 0 saturated carbocycles. The molecule has 1 rings (SSSR count). The molecule has 3 nitrogen and oxygen atoms in total. The molecule has 0 aliphatic carbocycles. The Morgan fingerprint density at radius 3 is 2.56 bits per heavy atom. The fourth-order valence-electron chi connectivity index (χ4n) is 1.20. The Labute approximate surface area is 106 Å². The van der Waals surface area contributed by atoms with Crippen LogP contribution in [-0.2, 0) is 6.18 Å². The first-order chi connectivity index (χ1) is 8.24. The minimum atomic E-state index is -4.58. The summed E-state index contributed by atoms with van der Waals surface area (Å²) in [7, 11) is 0. The van der Waals surface area contributed by atoms with Crippen molar-refractivity contribution in [3.05, 3.63) is 34.3 Å². The maximum absolute atomic E-state index is 12.5. The van der Waals surface area contributed by atoms with Gasteiger partial charge in [0.2, 0.25) is 0 Å². The number of carbonyl (C=O) groups is 1. The van der Waals surface area contributed by atoms with Gasteiger partial charge in [-0.1, -0.05) is 11.6 Å². The molecule has 0 aliphatic rings. The maximum Gasteiger partial charge on any atom is 0.416 e. The molecule has 1 amide bonds. The summed E-state index contributed by atoms with van der Waals surface area (Å²) in [5.41, 5.74) is -1.25. The molecule has 0 saturated heterocycles. The van der Waals surface area contributed by atoms with Crippen molar-refractivity contribution in [2.45, 2.75) is 19.1 Å². The minimum absolute atomic E-state index is 0.195. The van der Waals surface area contributed by atoms with E-state index < -0.39 is 23.7 Å². The number of halogens is 4. The highest BCUT2D eigenvalue weighted by molar-refractivity contribution is 6.31. The lowest BCUT2D eigenvalue weighted by atomic mass is 10.1. The molecular weight excluding hydrogens is 269 g/mol. The molecule has 0 fully saturated rings. The van der Waals surface area contributed by atoms with Crippen LogP contribution in [0.1, 0.15) is 22.8 Å². The number of hydrogen-bond acceptors (Lipinski definition) is 2. The zero-order chi connectivity index (χ0) is 13.9. The summed E-state index contributed by atoms with van der Waals surface area (Å²) >= 11 is 5.53. The van der Waals surface area contributed by atoms with E-state index in [1.807, 2.05) is 0 Å². The Hall–Kier alpha value is -1.74. The lowest BCUT2D eigenvalue weighted by molar-refractivity contribution is -0.137. The highest BCUT2D eigenvalue weighted by atomic mass is 35.5. The Balaban J connectivity index is 3.08. The molecule has 0 aliphatic heterocycles. The zero-order valence-electron chi connectivity index (χ0n) is 9.18. The second kappa shape index (κ2) is 5.27. The number of rotatable bonds is 2. The molecule has 0 spiro atoms. The molecule has 96 valence electrons. The Morgan fingerprint density at radius 2 is 2.06 bits per heavy atom. The van der Waals surface area contributed by atoms with Gasteiger partial charge in [-0.2, -0.15) is 18.4 Å². The number of benzene rings is 1. The number of nitrogens with zero attached hydrogens (tertiary/aromatic N) is 1. The van der Waals surface area contributed by atoms with Gasteiger partial charge in [0.25, 0.3) is 5.91 Å². The fraction of sp³-hybridized carbons (Fsp3) is 0.273. The van der Waals surface area contributed by atoms with Crippen molar-refractivity contribution in [1.82, 2.24) is 5.32 Å². The van der Waals surface area contributed by atoms with E-state index in [0.29, 0.717) is 6.07 Å². The monoisotopic (exact) mass is 276 g/mol. The Kier molecular flexibility index (Phi) is 4.19. The first kappa shape index (κ1) is 14.3. The van der Waals surface area contributed by atoms with E-state index in [9.17, 15) is 18.0 Å². The lowest BCUT2D eigenvalue weighted by Crippen LogP contribution is -2.31. The molecule has 7 heteroatoms. The predicted molar refractivity (Wildman–Crippen MR) is 59.0 cm³/mol. The van der Waals surface area contributed by atoms with Gasteiger partial charge in [0, 0.05) is 10.6 Å². The summed E-state index contributed by atoms with van der Waals surface area (Å²) in [4.78, 5) is 11.6. The second-order valence-corrected chi connectivity index (χ2v) is 3.99. The topological polar surface area (TPSA) is 52.9 Å². The van der Waals surface area contributed by atoms with Crippen molar-refractivity contribution in [1.29, 1.82) is 5.26 Å². The van der Waals surface area contributed by atoms with Crippen LogP contribution in [0.5, 0.6) is 0 Å². The molecule has 18 heavy (non-hydrogen) atoms. The van der Waals surface area contributed by atoms with Gasteiger partial charge >= 0.3 is 6.18 Å². The summed E-state index contributed by atoms with van der Waals surface area (Å²) in [5.74, 6) is -0.781. The first-order valence-corrected chi connectivity index (χ1v) is 5.20. The molecule has 1 atom stereocenters. The summed E-state index contributed by atoms with van der Waals surface area (Å²) in [6.45, 7) is 1.41. The maximum atomic E-state index is 12.5. The summed E-state index contributed by atoms with van der Waals surface area (Å²) < 4.78 is 37.5. The van der Waals surface area contributed by atoms with Crippen LogP contribution in [0.15, 0.2) is 18.2 Å². The van der Waals surface area contributed by atoms with Gasteiger partial charge in [-0.05, 0) is 25.1 Å². The van der Waals surface area contributed by atoms with Gasteiger partial charge in [0.05, 0.1) is 11.6 Å². The average Bonchev–Trinajstić information content (AvgIpc) is 2.26. The van der Waals surface area contributed by atoms with Crippen LogP contribution in [0.2, 0.25) is 5.02 Å². The average molecular weight is 277 g/mol. The van der Waals surface area contributed by atoms with E-state index in [2.05, 4.69) is 5.32 Å². The van der Waals surface area contributed by atoms with E-state index in [1.165, 1.54) is 6.92 Å². The molecule has 1 aromatic rings. The largest absolute Gasteiger partial charge is 0.416 e. The van der Waals surface area contributed by atoms with Crippen molar-refractivity contribution in [3.63, 3.8) is 0 Å². The highest BCUT2D eigenvalue weighted by Gasteiger charge is 2.31. The van der Waals surface area contributed by atoms with E-state index >= 15 is 0 Å². The quantitative estimate of drug-likeness (QED) is 0.903. The third-order valence-electron chi connectivity index (χ3n) is 2.03. The molecule has 1 aromatic carbocycles. The first-order valence-electron chi connectivity index (χ1n) is 4.82. The second-order valence-electron chi connectivity index (χ2n) is 3.55. The molecule has 0 heterocycles. The van der Waals surface area contributed by atoms with Gasteiger partial charge in [0.15, 0.2) is 0 Å². The number of carbonyl (C=O) groups excluding carboxylic acids is 1.